The van der Waals surface area contributed by atoms with Crippen molar-refractivity contribution in [2.75, 3.05) is 29.7 Å². The number of alkyl halides is 2. The summed E-state index contributed by atoms with van der Waals surface area (Å²) in [7, 11) is 0. The van der Waals surface area contributed by atoms with Crippen molar-refractivity contribution in [1.82, 2.24) is 14.9 Å². The molecule has 0 atom stereocenters. The first-order valence-corrected chi connectivity index (χ1v) is 7.68. The molecule has 0 aliphatic carbocycles. The third kappa shape index (κ3) is 4.44. The summed E-state index contributed by atoms with van der Waals surface area (Å²) in [4.78, 5) is 2.17. The van der Waals surface area contributed by atoms with Crippen LogP contribution < -0.4 is 4.90 Å². The normalized spacial score (nSPS) is 11.2. The zero-order valence-corrected chi connectivity index (χ0v) is 13.3. The maximum absolute atomic E-state index is 5.84. The Bertz CT molecular complexity index is 577. The number of hydrogen-bond donors (Lipinski definition) is 0. The number of rotatable bonds is 7. The fraction of sp³-hybridized carbons (Fsp3) is 0.357. The van der Waals surface area contributed by atoms with Gasteiger partial charge in [0.25, 0.3) is 0 Å². The minimum absolute atomic E-state index is 0.576. The Kier molecular flexibility index (Phi) is 6.02. The van der Waals surface area contributed by atoms with Crippen LogP contribution in [0, 0.1) is 6.92 Å². The van der Waals surface area contributed by atoms with Gasteiger partial charge in [0.15, 0.2) is 0 Å². The topological polar surface area (TPSA) is 46.3 Å². The van der Waals surface area contributed by atoms with Gasteiger partial charge in [0.1, 0.15) is 12.7 Å². The smallest absolute Gasteiger partial charge is 0.141 e. The van der Waals surface area contributed by atoms with Crippen LogP contribution in [0.1, 0.15) is 11.1 Å². The Labute approximate surface area is 134 Å². The van der Waals surface area contributed by atoms with E-state index in [4.69, 9.17) is 23.2 Å². The fourth-order valence-electron chi connectivity index (χ4n) is 1.96. The highest BCUT2D eigenvalue weighted by molar-refractivity contribution is 6.18. The molecule has 0 saturated carbocycles. The average molecular weight is 326 g/mol. The van der Waals surface area contributed by atoms with Gasteiger partial charge in [0.2, 0.25) is 0 Å². The van der Waals surface area contributed by atoms with Crippen molar-refractivity contribution in [1.29, 1.82) is 0 Å². The summed E-state index contributed by atoms with van der Waals surface area (Å²) in [6.07, 6.45) is 4.88. The number of halogens is 2. The lowest BCUT2D eigenvalue weighted by molar-refractivity contribution is 0.872. The van der Waals surface area contributed by atoms with Gasteiger partial charge in [-0.25, -0.2) is 4.68 Å². The van der Waals surface area contributed by atoms with Crippen LogP contribution in [-0.4, -0.2) is 45.9 Å². The molecule has 0 spiro atoms. The molecule has 0 radical (unpaired) electrons. The van der Waals surface area contributed by atoms with Crippen LogP contribution >= 0.6 is 23.2 Å². The van der Waals surface area contributed by atoms with E-state index in [9.17, 15) is 0 Å². The standard InChI is InChI=1S/C14H17Cl2N5/c1-12-8-14(20(6-4-15)7-5-16)3-2-13(12)9-19-21-10-17-18-11-21/h2-3,8-11H,4-7H2,1H3/b19-9+. The van der Waals surface area contributed by atoms with Crippen molar-refractivity contribution in [3.05, 3.63) is 42.0 Å². The molecule has 0 unspecified atom stereocenters. The molecule has 1 heterocycles. The second kappa shape index (κ2) is 8.00. The third-order valence-electron chi connectivity index (χ3n) is 3.06. The lowest BCUT2D eigenvalue weighted by Gasteiger charge is -2.23. The lowest BCUT2D eigenvalue weighted by atomic mass is 10.1. The molecule has 0 amide bonds. The molecule has 0 aliphatic heterocycles. The maximum Gasteiger partial charge on any atom is 0.141 e. The molecule has 1 aromatic heterocycles. The van der Waals surface area contributed by atoms with Gasteiger partial charge in [0.05, 0.1) is 6.21 Å². The minimum Gasteiger partial charge on any atom is -0.369 e. The van der Waals surface area contributed by atoms with Crippen LogP contribution in [0.4, 0.5) is 5.69 Å². The van der Waals surface area contributed by atoms with E-state index in [-0.39, 0.29) is 0 Å². The number of hydrogen-bond acceptors (Lipinski definition) is 4. The van der Waals surface area contributed by atoms with Gasteiger partial charge >= 0.3 is 0 Å². The molecule has 7 heteroatoms. The molecule has 0 bridgehead atoms. The molecule has 5 nitrogen and oxygen atoms in total. The van der Waals surface area contributed by atoms with Crippen molar-refractivity contribution in [3.8, 4) is 0 Å². The first-order valence-electron chi connectivity index (χ1n) is 6.61. The van der Waals surface area contributed by atoms with E-state index in [1.54, 1.807) is 23.5 Å². The zero-order chi connectivity index (χ0) is 15.1. The number of nitrogens with zero attached hydrogens (tertiary/aromatic N) is 5. The average Bonchev–Trinajstić information content (AvgIpc) is 2.99. The van der Waals surface area contributed by atoms with E-state index < -0.39 is 0 Å². The highest BCUT2D eigenvalue weighted by atomic mass is 35.5. The molecule has 2 rings (SSSR count). The summed E-state index contributed by atoms with van der Waals surface area (Å²) in [6, 6.07) is 6.21. The molecule has 0 N–H and O–H groups in total. The van der Waals surface area contributed by atoms with Gasteiger partial charge in [-0.1, -0.05) is 6.07 Å². The van der Waals surface area contributed by atoms with Crippen LogP contribution in [-0.2, 0) is 0 Å². The van der Waals surface area contributed by atoms with Crippen LogP contribution in [0.2, 0.25) is 0 Å². The first-order chi connectivity index (χ1) is 10.2. The Morgan fingerprint density at radius 2 is 1.86 bits per heavy atom. The summed E-state index contributed by atoms with van der Waals surface area (Å²) in [5, 5.41) is 11.7. The van der Waals surface area contributed by atoms with Gasteiger partial charge in [-0.05, 0) is 30.2 Å². The molecule has 21 heavy (non-hydrogen) atoms. The van der Waals surface area contributed by atoms with Crippen molar-refractivity contribution in [3.63, 3.8) is 0 Å². The molecule has 0 aliphatic rings. The summed E-state index contributed by atoms with van der Waals surface area (Å²) >= 11 is 11.7. The van der Waals surface area contributed by atoms with E-state index in [0.29, 0.717) is 11.8 Å². The van der Waals surface area contributed by atoms with Crippen LogP contribution in [0.3, 0.4) is 0 Å². The Hall–Kier alpha value is -1.59. The van der Waals surface area contributed by atoms with Crippen molar-refractivity contribution in [2.24, 2.45) is 5.10 Å². The number of benzene rings is 1. The zero-order valence-electron chi connectivity index (χ0n) is 11.8. The van der Waals surface area contributed by atoms with Crippen LogP contribution in [0.15, 0.2) is 36.0 Å². The second-order valence-electron chi connectivity index (χ2n) is 4.49. The van der Waals surface area contributed by atoms with Gasteiger partial charge in [0, 0.05) is 30.5 Å². The quantitative estimate of drug-likeness (QED) is 0.581. The van der Waals surface area contributed by atoms with E-state index in [2.05, 4.69) is 39.3 Å². The molecule has 1 aromatic carbocycles. The summed E-state index contributed by atoms with van der Waals surface area (Å²) in [5.41, 5.74) is 3.30. The molecule has 2 aromatic rings. The predicted octanol–water partition coefficient (Wildman–Crippen LogP) is 2.75. The molecule has 0 saturated heterocycles. The number of aromatic nitrogens is 3. The molecular weight excluding hydrogens is 309 g/mol. The first kappa shape index (κ1) is 15.8. The van der Waals surface area contributed by atoms with Gasteiger partial charge in [-0.2, -0.15) is 5.10 Å². The van der Waals surface area contributed by atoms with Gasteiger partial charge in [-0.3, -0.25) is 0 Å². The van der Waals surface area contributed by atoms with Crippen molar-refractivity contribution in [2.45, 2.75) is 6.92 Å². The largest absolute Gasteiger partial charge is 0.369 e. The fourth-order valence-corrected chi connectivity index (χ4v) is 2.37. The molecule has 112 valence electrons. The third-order valence-corrected chi connectivity index (χ3v) is 3.40. The van der Waals surface area contributed by atoms with E-state index in [1.165, 1.54) is 0 Å². The SMILES string of the molecule is Cc1cc(N(CCCl)CCCl)ccc1/C=N/n1cnnc1. The summed E-state index contributed by atoms with van der Waals surface area (Å²) < 4.78 is 1.56. The van der Waals surface area contributed by atoms with Crippen LogP contribution in [0.25, 0.3) is 0 Å². The maximum atomic E-state index is 5.84. The molecular formula is C14H17Cl2N5. The van der Waals surface area contributed by atoms with Crippen molar-refractivity contribution >= 4 is 35.1 Å². The van der Waals surface area contributed by atoms with E-state index in [1.807, 2.05) is 6.07 Å². The minimum atomic E-state index is 0.576. The number of anilines is 1. The Balaban J connectivity index is 2.16. The van der Waals surface area contributed by atoms with Crippen LogP contribution in [0.5, 0.6) is 0 Å². The lowest BCUT2D eigenvalue weighted by Crippen LogP contribution is -2.27. The summed E-state index contributed by atoms with van der Waals surface area (Å²) in [5.74, 6) is 1.15. The summed E-state index contributed by atoms with van der Waals surface area (Å²) in [6.45, 7) is 3.61. The Morgan fingerprint density at radius 1 is 1.19 bits per heavy atom. The van der Waals surface area contributed by atoms with Crippen molar-refractivity contribution < 1.29 is 0 Å². The second-order valence-corrected chi connectivity index (χ2v) is 5.25. The highest BCUT2D eigenvalue weighted by Gasteiger charge is 2.06. The highest BCUT2D eigenvalue weighted by Crippen LogP contribution is 2.18. The van der Waals surface area contributed by atoms with E-state index >= 15 is 0 Å². The Morgan fingerprint density at radius 3 is 2.43 bits per heavy atom. The van der Waals surface area contributed by atoms with Gasteiger partial charge < -0.3 is 4.90 Å². The number of aryl methyl sites for hydroxylation is 1. The van der Waals surface area contributed by atoms with Gasteiger partial charge in [-0.15, -0.1) is 33.4 Å². The van der Waals surface area contributed by atoms with E-state index in [0.717, 1.165) is 29.9 Å². The molecule has 0 fully saturated rings. The predicted molar refractivity (Wildman–Crippen MR) is 87.8 cm³/mol. The monoisotopic (exact) mass is 325 g/mol.